The molecule has 0 aliphatic heterocycles. The number of aromatic nitrogens is 2. The molecule has 0 fully saturated rings. The lowest BCUT2D eigenvalue weighted by molar-refractivity contribution is 0.590. The minimum Gasteiger partial charge on any atom is -0.338 e. The Morgan fingerprint density at radius 1 is 0.905 bits per heavy atom. The predicted molar refractivity (Wildman–Crippen MR) is 87.0 cm³/mol. The van der Waals surface area contributed by atoms with Gasteiger partial charge in [0.2, 0.25) is 0 Å². The van der Waals surface area contributed by atoms with Crippen LogP contribution >= 0.6 is 0 Å². The van der Waals surface area contributed by atoms with E-state index in [0.29, 0.717) is 0 Å². The summed E-state index contributed by atoms with van der Waals surface area (Å²) in [5.74, 6) is 0.888. The highest BCUT2D eigenvalue weighted by Crippen LogP contribution is 2.26. The molecule has 3 aromatic rings. The maximum Gasteiger partial charge on any atom is 0.137 e. The molecule has 0 aliphatic carbocycles. The van der Waals surface area contributed by atoms with Crippen molar-refractivity contribution in [3.8, 4) is 22.6 Å². The Balaban J connectivity index is 1.90. The van der Waals surface area contributed by atoms with Crippen LogP contribution in [0.25, 0.3) is 22.6 Å². The summed E-state index contributed by atoms with van der Waals surface area (Å²) in [5, 5.41) is 0. The number of nitrogens with one attached hydrogen (secondary N) is 1. The van der Waals surface area contributed by atoms with Crippen LogP contribution in [-0.4, -0.2) is 9.97 Å². The van der Waals surface area contributed by atoms with Gasteiger partial charge in [-0.1, -0.05) is 69.3 Å². The van der Waals surface area contributed by atoms with E-state index in [1.54, 1.807) is 0 Å². The first-order valence-electron chi connectivity index (χ1n) is 7.16. The molecule has 2 aromatic carbocycles. The van der Waals surface area contributed by atoms with Crippen LogP contribution < -0.4 is 0 Å². The lowest BCUT2D eigenvalue weighted by Gasteiger charge is -2.18. The van der Waals surface area contributed by atoms with Crippen LogP contribution in [0.4, 0.5) is 0 Å². The van der Waals surface area contributed by atoms with Gasteiger partial charge in [-0.05, 0) is 22.6 Å². The molecule has 3 rings (SSSR count). The van der Waals surface area contributed by atoms with E-state index in [0.717, 1.165) is 22.6 Å². The van der Waals surface area contributed by atoms with Gasteiger partial charge in [0.1, 0.15) is 5.82 Å². The molecule has 0 saturated carbocycles. The topological polar surface area (TPSA) is 28.7 Å². The average molecular weight is 275 g/mol. The molecule has 0 bridgehead atoms. The summed E-state index contributed by atoms with van der Waals surface area (Å²) in [6.07, 6.45) is 1.89. The summed E-state index contributed by atoms with van der Waals surface area (Å²) < 4.78 is 0. The summed E-state index contributed by atoms with van der Waals surface area (Å²) >= 11 is 0. The number of hydrogen-bond donors (Lipinski definition) is 1. The minimum atomic E-state index is 0.179. The summed E-state index contributed by atoms with van der Waals surface area (Å²) in [5.41, 5.74) is 4.79. The quantitative estimate of drug-likeness (QED) is 0.712. The highest BCUT2D eigenvalue weighted by Gasteiger charge is 2.13. The maximum atomic E-state index is 4.46. The first-order chi connectivity index (χ1) is 10.0. The molecule has 0 amide bonds. The lowest BCUT2D eigenvalue weighted by Crippen LogP contribution is -2.10. The Morgan fingerprint density at radius 3 is 2.19 bits per heavy atom. The fourth-order valence-corrected chi connectivity index (χ4v) is 2.31. The second kappa shape index (κ2) is 5.21. The molecule has 0 aliphatic rings. The molecule has 21 heavy (non-hydrogen) atoms. The van der Waals surface area contributed by atoms with Gasteiger partial charge in [0, 0.05) is 5.56 Å². The zero-order valence-electron chi connectivity index (χ0n) is 12.6. The largest absolute Gasteiger partial charge is 0.338 e. The van der Waals surface area contributed by atoms with Crippen molar-refractivity contribution in [3.63, 3.8) is 0 Å². The van der Waals surface area contributed by atoms with Crippen LogP contribution in [0.3, 0.4) is 0 Å². The third-order valence-electron chi connectivity index (χ3n) is 3.63. The molecule has 2 nitrogen and oxygen atoms in total. The van der Waals surface area contributed by atoms with Crippen molar-refractivity contribution in [2.45, 2.75) is 26.2 Å². The molecule has 1 N–H and O–H groups in total. The van der Waals surface area contributed by atoms with Crippen LogP contribution in [0.2, 0.25) is 0 Å². The van der Waals surface area contributed by atoms with Crippen molar-refractivity contribution < 1.29 is 0 Å². The maximum absolute atomic E-state index is 4.46. The fourth-order valence-electron chi connectivity index (χ4n) is 2.31. The highest BCUT2D eigenvalue weighted by molar-refractivity contribution is 5.64. The van der Waals surface area contributed by atoms with Gasteiger partial charge >= 0.3 is 0 Å². The van der Waals surface area contributed by atoms with Crippen molar-refractivity contribution in [3.05, 3.63) is 66.4 Å². The van der Waals surface area contributed by atoms with Crippen LogP contribution in [0.5, 0.6) is 0 Å². The van der Waals surface area contributed by atoms with Gasteiger partial charge in [-0.2, -0.15) is 0 Å². The third kappa shape index (κ3) is 2.89. The molecular formula is C19H19N2. The molecule has 1 heterocycles. The highest BCUT2D eigenvalue weighted by atomic mass is 14.9. The molecular weight excluding hydrogens is 256 g/mol. The first-order valence-corrected chi connectivity index (χ1v) is 7.16. The number of benzene rings is 2. The van der Waals surface area contributed by atoms with Gasteiger partial charge in [0.25, 0.3) is 0 Å². The van der Waals surface area contributed by atoms with Crippen molar-refractivity contribution >= 4 is 0 Å². The standard InChI is InChI=1S/C19H19N2/c1-19(2,3)16-11-9-14(10-12-16)17-13-20-18(21-17)15-7-5-4-6-8-15/h5-13H,1-3H3,(H,20,21). The monoisotopic (exact) mass is 275 g/mol. The molecule has 1 aromatic heterocycles. The molecule has 0 atom stereocenters. The Labute approximate surface area is 125 Å². The number of nitrogens with zero attached hydrogens (tertiary/aromatic N) is 1. The summed E-state index contributed by atoms with van der Waals surface area (Å²) in [6, 6.07) is 19.5. The van der Waals surface area contributed by atoms with Crippen LogP contribution in [0.15, 0.2) is 54.7 Å². The number of aromatic amines is 1. The average Bonchev–Trinajstić information content (AvgIpc) is 2.97. The van der Waals surface area contributed by atoms with Crippen molar-refractivity contribution in [1.29, 1.82) is 0 Å². The smallest absolute Gasteiger partial charge is 0.137 e. The van der Waals surface area contributed by atoms with Gasteiger partial charge < -0.3 is 4.98 Å². The first kappa shape index (κ1) is 13.6. The Morgan fingerprint density at radius 2 is 1.57 bits per heavy atom. The minimum absolute atomic E-state index is 0.179. The van der Waals surface area contributed by atoms with Gasteiger partial charge in [0.15, 0.2) is 0 Å². The zero-order valence-corrected chi connectivity index (χ0v) is 12.6. The van der Waals surface area contributed by atoms with Crippen LogP contribution in [0, 0.1) is 6.07 Å². The number of H-pyrrole nitrogens is 1. The van der Waals surface area contributed by atoms with E-state index in [2.05, 4.69) is 61.1 Å². The predicted octanol–water partition coefficient (Wildman–Crippen LogP) is 4.84. The van der Waals surface area contributed by atoms with E-state index in [4.69, 9.17) is 0 Å². The SMILES string of the molecule is CC(C)(C)c1ccc(-c2cnc(-c3cc[c]cc3)[nH]2)cc1. The van der Waals surface area contributed by atoms with Gasteiger partial charge in [-0.15, -0.1) is 0 Å². The number of imidazole rings is 1. The lowest BCUT2D eigenvalue weighted by atomic mass is 9.86. The summed E-state index contributed by atoms with van der Waals surface area (Å²) in [6.45, 7) is 6.67. The number of hydrogen-bond acceptors (Lipinski definition) is 1. The van der Waals surface area contributed by atoms with E-state index in [1.807, 2.05) is 30.5 Å². The van der Waals surface area contributed by atoms with Crippen molar-refractivity contribution in [1.82, 2.24) is 9.97 Å². The third-order valence-corrected chi connectivity index (χ3v) is 3.63. The van der Waals surface area contributed by atoms with Crippen LogP contribution in [-0.2, 0) is 5.41 Å². The zero-order chi connectivity index (χ0) is 14.9. The van der Waals surface area contributed by atoms with Gasteiger partial charge in [-0.25, -0.2) is 4.98 Å². The summed E-state index contributed by atoms with van der Waals surface area (Å²) in [7, 11) is 0. The molecule has 0 saturated heterocycles. The van der Waals surface area contributed by atoms with E-state index in [1.165, 1.54) is 5.56 Å². The van der Waals surface area contributed by atoms with Crippen molar-refractivity contribution in [2.24, 2.45) is 0 Å². The molecule has 105 valence electrons. The van der Waals surface area contributed by atoms with E-state index >= 15 is 0 Å². The van der Waals surface area contributed by atoms with E-state index in [-0.39, 0.29) is 5.41 Å². The normalized spacial score (nSPS) is 11.6. The number of rotatable bonds is 2. The Kier molecular flexibility index (Phi) is 3.38. The molecule has 2 heteroatoms. The molecule has 0 unspecified atom stereocenters. The van der Waals surface area contributed by atoms with Gasteiger partial charge in [0.05, 0.1) is 11.9 Å². The van der Waals surface area contributed by atoms with Crippen molar-refractivity contribution in [2.75, 3.05) is 0 Å². The fraction of sp³-hybridized carbons (Fsp3) is 0.211. The van der Waals surface area contributed by atoms with Crippen LogP contribution in [0.1, 0.15) is 26.3 Å². The summed E-state index contributed by atoms with van der Waals surface area (Å²) in [4.78, 5) is 7.84. The molecule has 0 spiro atoms. The second-order valence-electron chi connectivity index (χ2n) is 6.26. The second-order valence-corrected chi connectivity index (χ2v) is 6.26. The van der Waals surface area contributed by atoms with E-state index < -0.39 is 0 Å². The Bertz CT molecular complexity index is 716. The Hall–Kier alpha value is -2.35. The van der Waals surface area contributed by atoms with E-state index in [9.17, 15) is 0 Å². The molecule has 1 radical (unpaired) electrons. The van der Waals surface area contributed by atoms with Gasteiger partial charge in [-0.3, -0.25) is 0 Å².